The fourth-order valence-corrected chi connectivity index (χ4v) is 4.85. The molecule has 2 heterocycles. The molecule has 0 amide bonds. The summed E-state index contributed by atoms with van der Waals surface area (Å²) in [6.45, 7) is 4.22. The molecule has 6 nitrogen and oxygen atoms in total. The van der Waals surface area contributed by atoms with Crippen LogP contribution in [0.5, 0.6) is 0 Å². The molecule has 0 radical (unpaired) electrons. The van der Waals surface area contributed by atoms with Gasteiger partial charge in [0.1, 0.15) is 23.7 Å². The van der Waals surface area contributed by atoms with Crippen molar-refractivity contribution < 1.29 is 28.5 Å². The lowest BCUT2D eigenvalue weighted by atomic mass is 9.98. The molecule has 2 fully saturated rings. The Bertz CT molecular complexity index is 832. The normalized spacial score (nSPS) is 30.4. The third-order valence-electron chi connectivity index (χ3n) is 5.27. The van der Waals surface area contributed by atoms with Crippen LogP contribution in [0.25, 0.3) is 0 Å². The number of carbonyl (C=O) groups is 1. The predicted molar refractivity (Wildman–Crippen MR) is 117 cm³/mol. The summed E-state index contributed by atoms with van der Waals surface area (Å²) in [4.78, 5) is 11.9. The number of ether oxygens (including phenoxy) is 5. The highest BCUT2D eigenvalue weighted by atomic mass is 32.2. The van der Waals surface area contributed by atoms with Gasteiger partial charge in [-0.3, -0.25) is 4.79 Å². The Hall–Kier alpha value is -1.90. The number of thioether (sulfide) groups is 1. The lowest BCUT2D eigenvalue weighted by Gasteiger charge is -2.48. The van der Waals surface area contributed by atoms with Crippen LogP contribution < -0.4 is 0 Å². The molecule has 0 bridgehead atoms. The summed E-state index contributed by atoms with van der Waals surface area (Å²) in [5.74, 6) is 0.452. The zero-order chi connectivity index (χ0) is 21.6. The van der Waals surface area contributed by atoms with Crippen molar-refractivity contribution in [2.75, 3.05) is 12.4 Å². The van der Waals surface area contributed by atoms with E-state index in [1.54, 1.807) is 11.8 Å². The summed E-state index contributed by atoms with van der Waals surface area (Å²) in [6, 6.07) is 19.7. The summed E-state index contributed by atoms with van der Waals surface area (Å²) < 4.78 is 30.7. The fourth-order valence-electron chi connectivity index (χ4n) is 3.90. The second-order valence-electron chi connectivity index (χ2n) is 7.51. The average molecular weight is 445 g/mol. The van der Waals surface area contributed by atoms with Crippen LogP contribution in [0, 0.1) is 0 Å². The lowest BCUT2D eigenvalue weighted by Crippen LogP contribution is -2.62. The first-order chi connectivity index (χ1) is 15.2. The molecule has 0 aliphatic carbocycles. The quantitative estimate of drug-likeness (QED) is 0.596. The molecule has 166 valence electrons. The van der Waals surface area contributed by atoms with Crippen LogP contribution in [-0.4, -0.2) is 48.2 Å². The Morgan fingerprint density at radius 1 is 1.03 bits per heavy atom. The Balaban J connectivity index is 1.59. The van der Waals surface area contributed by atoms with Gasteiger partial charge in [0.25, 0.3) is 0 Å². The zero-order valence-electron chi connectivity index (χ0n) is 17.7. The first-order valence-corrected chi connectivity index (χ1v) is 11.6. The minimum atomic E-state index is -0.582. The van der Waals surface area contributed by atoms with E-state index >= 15 is 0 Å². The number of rotatable bonds is 7. The number of fused-ring (bicyclic) bond motifs is 1. The van der Waals surface area contributed by atoms with Gasteiger partial charge < -0.3 is 23.7 Å². The highest BCUT2D eigenvalue weighted by Gasteiger charge is 2.52. The third kappa shape index (κ3) is 5.48. The van der Waals surface area contributed by atoms with Crippen LogP contribution in [0.3, 0.4) is 0 Å². The van der Waals surface area contributed by atoms with Gasteiger partial charge >= 0.3 is 5.97 Å². The number of hydrogen-bond acceptors (Lipinski definition) is 7. The maximum Gasteiger partial charge on any atom is 0.303 e. The van der Waals surface area contributed by atoms with Gasteiger partial charge in [0.05, 0.1) is 13.2 Å². The van der Waals surface area contributed by atoms with E-state index in [-0.39, 0.29) is 17.5 Å². The average Bonchev–Trinajstić information content (AvgIpc) is 2.79. The fraction of sp³-hybridized carbons (Fsp3) is 0.458. The Kier molecular flexibility index (Phi) is 7.63. The SMILES string of the molecule is CCS[C@@H]1O[C@@H]2COC(c3ccccc3)O[C@H]2[C@H](OCc2ccccc2)[C@H]1OC(C)=O. The Labute approximate surface area is 187 Å². The summed E-state index contributed by atoms with van der Waals surface area (Å²) in [5, 5.41) is 0. The molecule has 2 aromatic rings. The molecule has 2 aliphatic heterocycles. The highest BCUT2D eigenvalue weighted by molar-refractivity contribution is 7.99. The summed E-state index contributed by atoms with van der Waals surface area (Å²) in [5.41, 5.74) is 1.62. The molecular weight excluding hydrogens is 416 g/mol. The Morgan fingerprint density at radius 3 is 2.42 bits per heavy atom. The molecular formula is C24H28O6S. The number of benzene rings is 2. The van der Waals surface area contributed by atoms with Crippen LogP contribution in [0.4, 0.5) is 0 Å². The van der Waals surface area contributed by atoms with Crippen LogP contribution in [0.1, 0.15) is 31.3 Å². The predicted octanol–water partition coefficient (Wildman–Crippen LogP) is 4.10. The van der Waals surface area contributed by atoms with Crippen LogP contribution in [0.15, 0.2) is 60.7 Å². The first kappa shape index (κ1) is 22.3. The zero-order valence-corrected chi connectivity index (χ0v) is 18.5. The monoisotopic (exact) mass is 444 g/mol. The van der Waals surface area contributed by atoms with Crippen molar-refractivity contribution in [1.29, 1.82) is 0 Å². The van der Waals surface area contributed by atoms with E-state index in [2.05, 4.69) is 0 Å². The largest absolute Gasteiger partial charge is 0.456 e. The van der Waals surface area contributed by atoms with Crippen molar-refractivity contribution in [2.24, 2.45) is 0 Å². The molecule has 0 saturated carbocycles. The van der Waals surface area contributed by atoms with E-state index in [0.717, 1.165) is 16.9 Å². The van der Waals surface area contributed by atoms with Gasteiger partial charge in [-0.05, 0) is 11.3 Å². The van der Waals surface area contributed by atoms with Gasteiger partial charge in [-0.2, -0.15) is 0 Å². The van der Waals surface area contributed by atoms with Crippen LogP contribution in [0.2, 0.25) is 0 Å². The van der Waals surface area contributed by atoms with E-state index in [9.17, 15) is 4.79 Å². The second kappa shape index (κ2) is 10.6. The number of esters is 1. The minimum Gasteiger partial charge on any atom is -0.456 e. The van der Waals surface area contributed by atoms with Crippen LogP contribution >= 0.6 is 11.8 Å². The molecule has 7 heteroatoms. The van der Waals surface area contributed by atoms with Crippen molar-refractivity contribution in [3.8, 4) is 0 Å². The van der Waals surface area contributed by atoms with Gasteiger partial charge in [-0.25, -0.2) is 0 Å². The van der Waals surface area contributed by atoms with Gasteiger partial charge in [0.15, 0.2) is 12.4 Å². The maximum atomic E-state index is 11.9. The molecule has 2 saturated heterocycles. The van der Waals surface area contributed by atoms with E-state index in [4.69, 9.17) is 23.7 Å². The molecule has 2 aliphatic rings. The molecule has 0 N–H and O–H groups in total. The lowest BCUT2D eigenvalue weighted by molar-refractivity contribution is -0.326. The summed E-state index contributed by atoms with van der Waals surface area (Å²) in [7, 11) is 0. The second-order valence-corrected chi connectivity index (χ2v) is 8.89. The van der Waals surface area contributed by atoms with Crippen LogP contribution in [-0.2, 0) is 35.1 Å². The standard InChI is InChI=1S/C24H28O6S/c1-3-31-24-22(28-16(2)25)21(26-14-17-10-6-4-7-11-17)20-19(29-24)15-27-23(30-20)18-12-8-5-9-13-18/h4-13,19-24H,3,14-15H2,1-2H3/t19-,20-,21+,22-,23?,24+/m1/s1. The minimum absolute atomic E-state index is 0.309. The van der Waals surface area contributed by atoms with Crippen molar-refractivity contribution >= 4 is 17.7 Å². The van der Waals surface area contributed by atoms with Gasteiger partial charge in [0, 0.05) is 12.5 Å². The molecule has 31 heavy (non-hydrogen) atoms. The smallest absolute Gasteiger partial charge is 0.303 e. The van der Waals surface area contributed by atoms with Crippen molar-refractivity contribution in [3.05, 3.63) is 71.8 Å². The summed E-state index contributed by atoms with van der Waals surface area (Å²) >= 11 is 1.59. The van der Waals surface area contributed by atoms with E-state index < -0.39 is 24.6 Å². The number of hydrogen-bond donors (Lipinski definition) is 0. The molecule has 0 aromatic heterocycles. The highest BCUT2D eigenvalue weighted by Crippen LogP contribution is 2.39. The number of carbonyl (C=O) groups excluding carboxylic acids is 1. The summed E-state index contributed by atoms with van der Waals surface area (Å²) in [6.07, 6.45) is -2.33. The molecule has 1 unspecified atom stereocenters. The molecule has 0 spiro atoms. The third-order valence-corrected chi connectivity index (χ3v) is 6.32. The van der Waals surface area contributed by atoms with Gasteiger partial charge in [-0.15, -0.1) is 11.8 Å². The molecule has 2 aromatic carbocycles. The van der Waals surface area contributed by atoms with Gasteiger partial charge in [0.2, 0.25) is 0 Å². The van der Waals surface area contributed by atoms with Gasteiger partial charge in [-0.1, -0.05) is 67.6 Å². The first-order valence-electron chi connectivity index (χ1n) is 10.6. The molecule has 6 atom stereocenters. The Morgan fingerprint density at radius 2 is 1.74 bits per heavy atom. The molecule has 4 rings (SSSR count). The van der Waals surface area contributed by atoms with E-state index in [0.29, 0.717) is 13.2 Å². The van der Waals surface area contributed by atoms with Crippen molar-refractivity contribution in [3.63, 3.8) is 0 Å². The topological polar surface area (TPSA) is 63.2 Å². The maximum absolute atomic E-state index is 11.9. The van der Waals surface area contributed by atoms with Crippen molar-refractivity contribution in [1.82, 2.24) is 0 Å². The van der Waals surface area contributed by atoms with E-state index in [1.807, 2.05) is 67.6 Å². The van der Waals surface area contributed by atoms with E-state index in [1.165, 1.54) is 6.92 Å². The van der Waals surface area contributed by atoms with Crippen molar-refractivity contribution in [2.45, 2.75) is 56.6 Å².